The summed E-state index contributed by atoms with van der Waals surface area (Å²) < 4.78 is 0. The summed E-state index contributed by atoms with van der Waals surface area (Å²) in [4.78, 5) is 0. The Bertz CT molecular complexity index is 178. The Morgan fingerprint density at radius 2 is 1.07 bits per heavy atom. The third-order valence-electron chi connectivity index (χ3n) is 5.34. The lowest BCUT2D eigenvalue weighted by atomic mass is 9.69. The molecule has 0 N–H and O–H groups in total. The third-order valence-corrected chi connectivity index (χ3v) is 5.34. The fourth-order valence-electron chi connectivity index (χ4n) is 4.66. The van der Waals surface area contributed by atoms with Gasteiger partial charge in [0.2, 0.25) is 0 Å². The minimum Gasteiger partial charge on any atom is -0.0528 e. The molecule has 80 valence electrons. The predicted octanol–water partition coefficient (Wildman–Crippen LogP) is 4.39. The first-order valence-corrected chi connectivity index (χ1v) is 6.93. The van der Waals surface area contributed by atoms with Gasteiger partial charge >= 0.3 is 0 Å². The molecule has 3 rings (SSSR count). The Kier molecular flexibility index (Phi) is 2.55. The van der Waals surface area contributed by atoms with Crippen LogP contribution in [0.2, 0.25) is 0 Å². The maximum atomic E-state index is 1.62. The van der Waals surface area contributed by atoms with Gasteiger partial charge in [-0.25, -0.2) is 0 Å². The second kappa shape index (κ2) is 3.87. The Morgan fingerprint density at radius 1 is 0.571 bits per heavy atom. The van der Waals surface area contributed by atoms with Crippen molar-refractivity contribution in [2.75, 3.05) is 0 Å². The van der Waals surface area contributed by atoms with Gasteiger partial charge < -0.3 is 0 Å². The molecular weight excluding hydrogens is 168 g/mol. The van der Waals surface area contributed by atoms with Gasteiger partial charge in [0.25, 0.3) is 0 Å². The van der Waals surface area contributed by atoms with Crippen LogP contribution in [0.5, 0.6) is 0 Å². The number of rotatable bonds is 0. The van der Waals surface area contributed by atoms with Crippen molar-refractivity contribution in [1.29, 1.82) is 0 Å². The van der Waals surface area contributed by atoms with Crippen LogP contribution in [0.25, 0.3) is 0 Å². The van der Waals surface area contributed by atoms with Crippen molar-refractivity contribution >= 4 is 0 Å². The van der Waals surface area contributed by atoms with E-state index in [0.29, 0.717) is 0 Å². The van der Waals surface area contributed by atoms with Gasteiger partial charge in [0, 0.05) is 0 Å². The van der Waals surface area contributed by atoms with E-state index >= 15 is 0 Å². The molecule has 14 heavy (non-hydrogen) atoms. The fourth-order valence-corrected chi connectivity index (χ4v) is 4.66. The maximum absolute atomic E-state index is 1.62. The van der Waals surface area contributed by atoms with Gasteiger partial charge in [0.1, 0.15) is 0 Å². The van der Waals surface area contributed by atoms with Crippen molar-refractivity contribution in [2.24, 2.45) is 23.7 Å². The van der Waals surface area contributed by atoms with Crippen LogP contribution in [-0.2, 0) is 0 Å². The Balaban J connectivity index is 1.82. The van der Waals surface area contributed by atoms with Crippen molar-refractivity contribution in [2.45, 2.75) is 64.2 Å². The molecule has 0 aromatic heterocycles. The smallest absolute Gasteiger partial charge is 0.0355 e. The van der Waals surface area contributed by atoms with E-state index in [1.54, 1.807) is 64.2 Å². The summed E-state index contributed by atoms with van der Waals surface area (Å²) >= 11 is 0. The van der Waals surface area contributed by atoms with Crippen molar-refractivity contribution < 1.29 is 0 Å². The van der Waals surface area contributed by atoms with Crippen molar-refractivity contribution in [1.82, 2.24) is 0 Å². The largest absolute Gasteiger partial charge is 0.0528 e. The summed E-state index contributed by atoms with van der Waals surface area (Å²) in [5.74, 6) is 4.60. The molecule has 0 radical (unpaired) electrons. The first-order chi connectivity index (χ1) is 6.93. The van der Waals surface area contributed by atoms with Crippen LogP contribution in [0.15, 0.2) is 0 Å². The van der Waals surface area contributed by atoms with Crippen LogP contribution in [0, 0.1) is 23.7 Å². The Labute approximate surface area is 88.5 Å². The SMILES string of the molecule is C1CC2CCCC3CCCC(C1)C3C2. The summed E-state index contributed by atoms with van der Waals surface area (Å²) in [7, 11) is 0. The maximum Gasteiger partial charge on any atom is -0.0355 e. The monoisotopic (exact) mass is 192 g/mol. The van der Waals surface area contributed by atoms with Gasteiger partial charge in [-0.05, 0) is 30.1 Å². The number of fused-ring (bicyclic) bond motifs is 1. The van der Waals surface area contributed by atoms with Gasteiger partial charge in [-0.15, -0.1) is 0 Å². The summed E-state index contributed by atoms with van der Waals surface area (Å²) in [6.45, 7) is 0. The highest BCUT2D eigenvalue weighted by atomic mass is 14.4. The predicted molar refractivity (Wildman–Crippen MR) is 60.1 cm³/mol. The molecule has 0 aliphatic heterocycles. The molecule has 0 aromatic carbocycles. The highest BCUT2D eigenvalue weighted by molar-refractivity contribution is 4.88. The van der Waals surface area contributed by atoms with Crippen LogP contribution in [0.1, 0.15) is 64.2 Å². The molecule has 3 aliphatic carbocycles. The van der Waals surface area contributed by atoms with Crippen LogP contribution >= 0.6 is 0 Å². The van der Waals surface area contributed by atoms with Crippen LogP contribution < -0.4 is 0 Å². The second-order valence-corrected chi connectivity index (χ2v) is 6.08. The minimum atomic E-state index is 1.13. The van der Waals surface area contributed by atoms with E-state index in [1.165, 1.54) is 5.92 Å². The zero-order valence-electron chi connectivity index (χ0n) is 9.38. The molecule has 0 heteroatoms. The van der Waals surface area contributed by atoms with Gasteiger partial charge in [0.15, 0.2) is 0 Å². The quantitative estimate of drug-likeness (QED) is 0.534. The average molecular weight is 192 g/mol. The molecular formula is C14H24. The molecule has 0 heterocycles. The van der Waals surface area contributed by atoms with Crippen LogP contribution in [-0.4, -0.2) is 0 Å². The van der Waals surface area contributed by atoms with E-state index in [1.807, 2.05) is 0 Å². The highest BCUT2D eigenvalue weighted by Gasteiger charge is 2.37. The summed E-state index contributed by atoms with van der Waals surface area (Å²) in [5, 5.41) is 0. The molecule has 0 aromatic rings. The summed E-state index contributed by atoms with van der Waals surface area (Å²) in [5.41, 5.74) is 0. The Hall–Kier alpha value is 0. The van der Waals surface area contributed by atoms with E-state index in [-0.39, 0.29) is 0 Å². The van der Waals surface area contributed by atoms with Crippen LogP contribution in [0.4, 0.5) is 0 Å². The Morgan fingerprint density at radius 3 is 1.64 bits per heavy atom. The van der Waals surface area contributed by atoms with Crippen molar-refractivity contribution in [3.8, 4) is 0 Å². The van der Waals surface area contributed by atoms with E-state index in [4.69, 9.17) is 0 Å². The summed E-state index contributed by atoms with van der Waals surface area (Å²) in [6.07, 6.45) is 15.7. The lowest BCUT2D eigenvalue weighted by Gasteiger charge is -2.37. The van der Waals surface area contributed by atoms with Gasteiger partial charge in [0.05, 0.1) is 0 Å². The molecule has 0 spiro atoms. The van der Waals surface area contributed by atoms with Gasteiger partial charge in [-0.1, -0.05) is 57.8 Å². The van der Waals surface area contributed by atoms with Crippen molar-refractivity contribution in [3.05, 3.63) is 0 Å². The number of hydrogen-bond acceptors (Lipinski definition) is 0. The van der Waals surface area contributed by atoms with Gasteiger partial charge in [-0.2, -0.15) is 0 Å². The lowest BCUT2D eigenvalue weighted by molar-refractivity contribution is 0.137. The normalized spacial score (nSPS) is 48.0. The minimum absolute atomic E-state index is 1.13. The van der Waals surface area contributed by atoms with Crippen LogP contribution in [0.3, 0.4) is 0 Å². The molecule has 3 aliphatic rings. The summed E-state index contributed by atoms with van der Waals surface area (Å²) in [6, 6.07) is 0. The van der Waals surface area contributed by atoms with E-state index in [0.717, 1.165) is 17.8 Å². The second-order valence-electron chi connectivity index (χ2n) is 6.08. The molecule has 3 saturated carbocycles. The van der Waals surface area contributed by atoms with E-state index < -0.39 is 0 Å². The third kappa shape index (κ3) is 1.61. The molecule has 0 nitrogen and oxygen atoms in total. The van der Waals surface area contributed by atoms with E-state index in [2.05, 4.69) is 0 Å². The molecule has 0 amide bonds. The molecule has 0 saturated heterocycles. The molecule has 2 bridgehead atoms. The topological polar surface area (TPSA) is 0 Å². The fraction of sp³-hybridized carbons (Fsp3) is 1.00. The zero-order chi connectivity index (χ0) is 9.38. The molecule has 3 fully saturated rings. The highest BCUT2D eigenvalue weighted by Crippen LogP contribution is 2.48. The average Bonchev–Trinajstić information content (AvgIpc) is 2.50. The van der Waals surface area contributed by atoms with Gasteiger partial charge in [-0.3, -0.25) is 0 Å². The lowest BCUT2D eigenvalue weighted by Crippen LogP contribution is -2.27. The molecule has 2 unspecified atom stereocenters. The molecule has 2 atom stereocenters. The standard InChI is InChI=1S/C14H24/c1-4-11-5-2-7-13-9-3-8-12(6-1)14(13)10-11/h11-14H,1-10H2. The number of hydrogen-bond donors (Lipinski definition) is 0. The van der Waals surface area contributed by atoms with E-state index in [9.17, 15) is 0 Å². The van der Waals surface area contributed by atoms with Crippen molar-refractivity contribution in [3.63, 3.8) is 0 Å². The first kappa shape index (κ1) is 9.24. The first-order valence-electron chi connectivity index (χ1n) is 6.93. The zero-order valence-corrected chi connectivity index (χ0v) is 9.38.